The summed E-state index contributed by atoms with van der Waals surface area (Å²) < 4.78 is 28.0. The molecule has 10 heteroatoms. The van der Waals surface area contributed by atoms with Gasteiger partial charge in [-0.25, -0.2) is 8.42 Å². The molecule has 7 nitrogen and oxygen atoms in total. The Bertz CT molecular complexity index is 1570. The van der Waals surface area contributed by atoms with E-state index in [0.29, 0.717) is 13.0 Å². The van der Waals surface area contributed by atoms with Crippen molar-refractivity contribution in [3.05, 3.63) is 124 Å². The number of amides is 2. The first-order valence-electron chi connectivity index (χ1n) is 12.0. The van der Waals surface area contributed by atoms with Crippen LogP contribution < -0.4 is 14.9 Å². The van der Waals surface area contributed by atoms with E-state index >= 15 is 0 Å². The van der Waals surface area contributed by atoms with E-state index < -0.39 is 22.5 Å². The van der Waals surface area contributed by atoms with Gasteiger partial charge in [0.2, 0.25) is 5.91 Å². The largest absolute Gasteiger partial charge is 0.352 e. The lowest BCUT2D eigenvalue weighted by atomic mass is 10.1. The van der Waals surface area contributed by atoms with Gasteiger partial charge >= 0.3 is 0 Å². The lowest BCUT2D eigenvalue weighted by Crippen LogP contribution is -2.38. The molecule has 0 saturated heterocycles. The van der Waals surface area contributed by atoms with Crippen LogP contribution in [0.25, 0.3) is 0 Å². The molecule has 0 fully saturated rings. The Hall–Kier alpha value is -3.85. The number of para-hydroxylation sites is 1. The van der Waals surface area contributed by atoms with Gasteiger partial charge in [-0.05, 0) is 54.4 Å². The van der Waals surface area contributed by atoms with Crippen LogP contribution >= 0.6 is 23.2 Å². The zero-order valence-corrected chi connectivity index (χ0v) is 23.0. The second kappa shape index (κ2) is 12.8. The molecule has 39 heavy (non-hydrogen) atoms. The van der Waals surface area contributed by atoms with E-state index in [0.717, 1.165) is 9.87 Å². The number of carbonyl (C=O) groups is 2. The lowest BCUT2D eigenvalue weighted by Gasteiger charge is -2.25. The smallest absolute Gasteiger partial charge is 0.264 e. The molecule has 0 radical (unpaired) electrons. The third-order valence-corrected chi connectivity index (χ3v) is 8.11. The molecule has 0 aliphatic rings. The number of rotatable bonds is 10. The first-order valence-corrected chi connectivity index (χ1v) is 14.2. The molecule has 0 aromatic heterocycles. The average Bonchev–Trinajstić information content (AvgIpc) is 2.94. The van der Waals surface area contributed by atoms with Gasteiger partial charge in [-0.2, -0.15) is 0 Å². The summed E-state index contributed by atoms with van der Waals surface area (Å²) in [6.45, 7) is -0.206. The number of nitrogens with zero attached hydrogens (tertiary/aromatic N) is 1. The minimum atomic E-state index is -4.20. The van der Waals surface area contributed by atoms with Gasteiger partial charge in [0.25, 0.3) is 15.9 Å². The van der Waals surface area contributed by atoms with Crippen molar-refractivity contribution < 1.29 is 18.0 Å². The molecule has 4 rings (SSSR count). The van der Waals surface area contributed by atoms with E-state index in [1.807, 2.05) is 30.3 Å². The number of hydrogen-bond donors (Lipinski definition) is 2. The molecule has 0 bridgehead atoms. The van der Waals surface area contributed by atoms with Crippen LogP contribution in [0.5, 0.6) is 0 Å². The first kappa shape index (κ1) is 28.2. The summed E-state index contributed by atoms with van der Waals surface area (Å²) in [7, 11) is -4.20. The third-order valence-electron chi connectivity index (χ3n) is 5.78. The molecular weight excluding hydrogens is 557 g/mol. The minimum absolute atomic E-state index is 0.0213. The predicted molar refractivity (Wildman–Crippen MR) is 155 cm³/mol. The van der Waals surface area contributed by atoms with Crippen LogP contribution in [-0.4, -0.2) is 33.3 Å². The minimum Gasteiger partial charge on any atom is -0.352 e. The maximum absolute atomic E-state index is 13.6. The molecular formula is C29H25Cl2N3O4S. The number of halogens is 2. The summed E-state index contributed by atoms with van der Waals surface area (Å²) in [6, 6.07) is 28.3. The van der Waals surface area contributed by atoms with Crippen LogP contribution in [0.1, 0.15) is 15.9 Å². The van der Waals surface area contributed by atoms with Crippen LogP contribution in [0.2, 0.25) is 10.0 Å². The number of sulfonamides is 1. The second-order valence-electron chi connectivity index (χ2n) is 8.51. The first-order chi connectivity index (χ1) is 18.8. The van der Waals surface area contributed by atoms with Gasteiger partial charge in [0.05, 0.1) is 26.9 Å². The van der Waals surface area contributed by atoms with Crippen molar-refractivity contribution in [3.8, 4) is 0 Å². The standard InChI is InChI=1S/C29H25Cl2N3O4S/c30-22-15-16-25(31)27(19-22)34(39(37,38)23-11-5-2-6-12-23)20-28(35)33-26-14-8-7-13-24(26)29(36)32-18-17-21-9-3-1-4-10-21/h1-16,19H,17-18,20H2,(H,32,36)(H,33,35). The van der Waals surface area contributed by atoms with Crippen molar-refractivity contribution in [1.29, 1.82) is 0 Å². The summed E-state index contributed by atoms with van der Waals surface area (Å²) in [4.78, 5) is 26.1. The lowest BCUT2D eigenvalue weighted by molar-refractivity contribution is -0.114. The van der Waals surface area contributed by atoms with Crippen LogP contribution in [-0.2, 0) is 21.2 Å². The van der Waals surface area contributed by atoms with Crippen molar-refractivity contribution in [2.45, 2.75) is 11.3 Å². The van der Waals surface area contributed by atoms with Gasteiger partial charge in [0, 0.05) is 11.6 Å². The summed E-state index contributed by atoms with van der Waals surface area (Å²) in [6.07, 6.45) is 0.647. The topological polar surface area (TPSA) is 95.6 Å². The molecule has 0 unspecified atom stereocenters. The summed E-state index contributed by atoms with van der Waals surface area (Å²) in [5.74, 6) is -1.04. The van der Waals surface area contributed by atoms with Gasteiger partial charge in [-0.1, -0.05) is 83.9 Å². The third kappa shape index (κ3) is 7.17. The Morgan fingerprint density at radius 3 is 2.15 bits per heavy atom. The average molecular weight is 583 g/mol. The fourth-order valence-electron chi connectivity index (χ4n) is 3.87. The highest BCUT2D eigenvalue weighted by Gasteiger charge is 2.29. The number of benzene rings is 4. The highest BCUT2D eigenvalue weighted by Crippen LogP contribution is 2.33. The SMILES string of the molecule is O=C(CN(c1cc(Cl)ccc1Cl)S(=O)(=O)c1ccccc1)Nc1ccccc1C(=O)NCCc1ccccc1. The fraction of sp³-hybridized carbons (Fsp3) is 0.103. The predicted octanol–water partition coefficient (Wildman–Crippen LogP) is 5.80. The van der Waals surface area contributed by atoms with E-state index in [2.05, 4.69) is 10.6 Å². The summed E-state index contributed by atoms with van der Waals surface area (Å²) in [5, 5.41) is 5.89. The number of nitrogens with one attached hydrogen (secondary N) is 2. The van der Waals surface area contributed by atoms with E-state index in [1.54, 1.807) is 42.5 Å². The van der Waals surface area contributed by atoms with Crippen LogP contribution in [0.15, 0.2) is 108 Å². The van der Waals surface area contributed by atoms with Gasteiger partial charge in [0.15, 0.2) is 0 Å². The second-order valence-corrected chi connectivity index (χ2v) is 11.2. The molecule has 200 valence electrons. The van der Waals surface area contributed by atoms with Crippen molar-refractivity contribution in [3.63, 3.8) is 0 Å². The monoisotopic (exact) mass is 581 g/mol. The van der Waals surface area contributed by atoms with Crippen molar-refractivity contribution >= 4 is 56.4 Å². The number of hydrogen-bond acceptors (Lipinski definition) is 4. The summed E-state index contributed by atoms with van der Waals surface area (Å²) in [5.41, 5.74) is 1.63. The Balaban J connectivity index is 1.54. The highest BCUT2D eigenvalue weighted by atomic mass is 35.5. The maximum atomic E-state index is 13.6. The van der Waals surface area contributed by atoms with Crippen molar-refractivity contribution in [1.82, 2.24) is 5.32 Å². The molecule has 0 atom stereocenters. The zero-order chi connectivity index (χ0) is 27.8. The maximum Gasteiger partial charge on any atom is 0.264 e. The molecule has 2 N–H and O–H groups in total. The van der Waals surface area contributed by atoms with Crippen molar-refractivity contribution in [2.75, 3.05) is 22.7 Å². The quantitative estimate of drug-likeness (QED) is 0.247. The van der Waals surface area contributed by atoms with Gasteiger partial charge in [0.1, 0.15) is 6.54 Å². The molecule has 2 amide bonds. The van der Waals surface area contributed by atoms with Crippen LogP contribution in [0.4, 0.5) is 11.4 Å². The number of carbonyl (C=O) groups excluding carboxylic acids is 2. The molecule has 0 saturated carbocycles. The van der Waals surface area contributed by atoms with Crippen LogP contribution in [0.3, 0.4) is 0 Å². The van der Waals surface area contributed by atoms with E-state index in [4.69, 9.17) is 23.2 Å². The fourth-order valence-corrected chi connectivity index (χ4v) is 5.76. The van der Waals surface area contributed by atoms with E-state index in [-0.39, 0.29) is 37.8 Å². The molecule has 4 aromatic rings. The van der Waals surface area contributed by atoms with E-state index in [9.17, 15) is 18.0 Å². The molecule has 0 heterocycles. The summed E-state index contributed by atoms with van der Waals surface area (Å²) >= 11 is 12.5. The van der Waals surface area contributed by atoms with Gasteiger partial charge < -0.3 is 10.6 Å². The highest BCUT2D eigenvalue weighted by molar-refractivity contribution is 7.92. The normalized spacial score (nSPS) is 11.0. The van der Waals surface area contributed by atoms with Gasteiger partial charge in [-0.3, -0.25) is 13.9 Å². The Labute approximate surface area is 237 Å². The Morgan fingerprint density at radius 1 is 0.795 bits per heavy atom. The molecule has 4 aromatic carbocycles. The molecule has 0 aliphatic carbocycles. The number of anilines is 2. The van der Waals surface area contributed by atoms with E-state index in [1.165, 1.54) is 30.3 Å². The molecule has 0 spiro atoms. The Kier molecular flexibility index (Phi) is 9.24. The van der Waals surface area contributed by atoms with Crippen molar-refractivity contribution in [2.24, 2.45) is 0 Å². The zero-order valence-electron chi connectivity index (χ0n) is 20.7. The Morgan fingerprint density at radius 2 is 1.44 bits per heavy atom. The molecule has 0 aliphatic heterocycles. The van der Waals surface area contributed by atoms with Gasteiger partial charge in [-0.15, -0.1) is 0 Å². The van der Waals surface area contributed by atoms with Crippen LogP contribution in [0, 0.1) is 0 Å².